The summed E-state index contributed by atoms with van der Waals surface area (Å²) >= 11 is 0. The quantitative estimate of drug-likeness (QED) is 0.525. The van der Waals surface area contributed by atoms with E-state index < -0.39 is 0 Å². The number of nitrogens with two attached hydrogens (primary N) is 1. The van der Waals surface area contributed by atoms with Gasteiger partial charge in [0.05, 0.1) is 6.61 Å². The highest BCUT2D eigenvalue weighted by molar-refractivity contribution is 5.35. The Kier molecular flexibility index (Phi) is 5.28. The van der Waals surface area contributed by atoms with Gasteiger partial charge < -0.3 is 10.1 Å². The molecule has 1 aromatic heterocycles. The van der Waals surface area contributed by atoms with Gasteiger partial charge in [-0.25, -0.2) is 5.84 Å². The van der Waals surface area contributed by atoms with Crippen LogP contribution in [0.2, 0.25) is 0 Å². The summed E-state index contributed by atoms with van der Waals surface area (Å²) in [7, 11) is 0. The van der Waals surface area contributed by atoms with Gasteiger partial charge in [-0.1, -0.05) is 29.8 Å². The molecule has 1 heterocycles. The lowest BCUT2D eigenvalue weighted by Crippen LogP contribution is -2.15. The number of hydrazine groups is 1. The fraction of sp³-hybridized carbons (Fsp3) is 0.357. The third-order valence-electron chi connectivity index (χ3n) is 2.80. The first kappa shape index (κ1) is 15.0. The number of aryl methyl sites for hydroxylation is 1. The number of anilines is 2. The maximum Gasteiger partial charge on any atom is 0.323 e. The van der Waals surface area contributed by atoms with Crippen LogP contribution in [0.4, 0.5) is 11.9 Å². The van der Waals surface area contributed by atoms with Crippen molar-refractivity contribution in [3.05, 3.63) is 35.4 Å². The van der Waals surface area contributed by atoms with Gasteiger partial charge in [0.15, 0.2) is 0 Å². The molecule has 0 amide bonds. The van der Waals surface area contributed by atoms with Crippen LogP contribution in [0.5, 0.6) is 6.01 Å². The van der Waals surface area contributed by atoms with Gasteiger partial charge in [-0.2, -0.15) is 15.0 Å². The molecule has 0 saturated carbocycles. The smallest absolute Gasteiger partial charge is 0.323 e. The minimum atomic E-state index is 0.249. The lowest BCUT2D eigenvalue weighted by Gasteiger charge is -2.08. The molecule has 4 N–H and O–H groups in total. The minimum absolute atomic E-state index is 0.249. The molecule has 7 nitrogen and oxygen atoms in total. The van der Waals surface area contributed by atoms with Gasteiger partial charge in [0, 0.05) is 6.54 Å². The van der Waals surface area contributed by atoms with Crippen molar-refractivity contribution in [2.75, 3.05) is 23.9 Å². The van der Waals surface area contributed by atoms with E-state index in [0.717, 1.165) is 6.42 Å². The standard InChI is InChI=1S/C14H20N6O/c1-3-21-14-18-12(17-13(19-14)20-15)16-8-7-11-6-4-5-10(2)9-11/h4-6,9H,3,7-8,15H2,1-2H3,(H2,16,17,18,19,20). The molecular formula is C14H20N6O. The van der Waals surface area contributed by atoms with Crippen molar-refractivity contribution in [2.45, 2.75) is 20.3 Å². The zero-order valence-corrected chi connectivity index (χ0v) is 12.3. The Balaban J connectivity index is 1.97. The van der Waals surface area contributed by atoms with Gasteiger partial charge in [-0.3, -0.25) is 5.43 Å². The van der Waals surface area contributed by atoms with Crippen LogP contribution in [-0.2, 0) is 6.42 Å². The lowest BCUT2D eigenvalue weighted by molar-refractivity contribution is 0.312. The van der Waals surface area contributed by atoms with E-state index >= 15 is 0 Å². The van der Waals surface area contributed by atoms with Gasteiger partial charge in [-0.15, -0.1) is 0 Å². The topological polar surface area (TPSA) is 98.0 Å². The summed E-state index contributed by atoms with van der Waals surface area (Å²) in [5, 5.41) is 3.15. The van der Waals surface area contributed by atoms with Crippen LogP contribution in [0.25, 0.3) is 0 Å². The predicted octanol–water partition coefficient (Wildman–Crippen LogP) is 1.52. The molecule has 0 radical (unpaired) electrons. The molecule has 2 aromatic rings. The maximum absolute atomic E-state index is 5.33. The van der Waals surface area contributed by atoms with E-state index in [4.69, 9.17) is 10.6 Å². The van der Waals surface area contributed by atoms with Gasteiger partial charge in [0.2, 0.25) is 11.9 Å². The van der Waals surface area contributed by atoms with Crippen molar-refractivity contribution in [1.82, 2.24) is 15.0 Å². The number of hydrogen-bond acceptors (Lipinski definition) is 7. The normalized spacial score (nSPS) is 10.2. The SMILES string of the molecule is CCOc1nc(NN)nc(NCCc2cccc(C)c2)n1. The van der Waals surface area contributed by atoms with Crippen LogP contribution in [-0.4, -0.2) is 28.1 Å². The van der Waals surface area contributed by atoms with E-state index in [1.165, 1.54) is 11.1 Å². The van der Waals surface area contributed by atoms with Crippen molar-refractivity contribution < 1.29 is 4.74 Å². The van der Waals surface area contributed by atoms with Crippen molar-refractivity contribution in [3.8, 4) is 6.01 Å². The fourth-order valence-electron chi connectivity index (χ4n) is 1.88. The molecule has 0 unspecified atom stereocenters. The molecule has 7 heteroatoms. The van der Waals surface area contributed by atoms with Gasteiger partial charge in [-0.05, 0) is 25.8 Å². The first-order valence-electron chi connectivity index (χ1n) is 6.86. The van der Waals surface area contributed by atoms with E-state index in [1.54, 1.807) is 0 Å². The molecular weight excluding hydrogens is 268 g/mol. The monoisotopic (exact) mass is 288 g/mol. The Morgan fingerprint density at radius 3 is 2.71 bits per heavy atom. The van der Waals surface area contributed by atoms with E-state index in [0.29, 0.717) is 19.1 Å². The number of nitrogens with one attached hydrogen (secondary N) is 2. The highest BCUT2D eigenvalue weighted by Crippen LogP contribution is 2.11. The summed E-state index contributed by atoms with van der Waals surface area (Å²) < 4.78 is 5.27. The average Bonchev–Trinajstić information content (AvgIpc) is 2.47. The first-order valence-corrected chi connectivity index (χ1v) is 6.86. The summed E-state index contributed by atoms with van der Waals surface area (Å²) in [6.07, 6.45) is 0.878. The average molecular weight is 288 g/mol. The summed E-state index contributed by atoms with van der Waals surface area (Å²) in [5.74, 6) is 6.04. The summed E-state index contributed by atoms with van der Waals surface area (Å²) in [4.78, 5) is 12.3. The molecule has 21 heavy (non-hydrogen) atoms. The van der Waals surface area contributed by atoms with Gasteiger partial charge >= 0.3 is 6.01 Å². The molecule has 0 saturated heterocycles. The number of rotatable bonds is 7. The minimum Gasteiger partial charge on any atom is -0.464 e. The Hall–Kier alpha value is -2.41. The second-order valence-electron chi connectivity index (χ2n) is 4.51. The van der Waals surface area contributed by atoms with Gasteiger partial charge in [0.1, 0.15) is 0 Å². The van der Waals surface area contributed by atoms with E-state index in [-0.39, 0.29) is 12.0 Å². The van der Waals surface area contributed by atoms with E-state index in [2.05, 4.69) is 56.9 Å². The Morgan fingerprint density at radius 2 is 2.00 bits per heavy atom. The van der Waals surface area contributed by atoms with Crippen LogP contribution < -0.4 is 21.3 Å². The van der Waals surface area contributed by atoms with E-state index in [1.807, 2.05) is 6.92 Å². The van der Waals surface area contributed by atoms with Gasteiger partial charge in [0.25, 0.3) is 0 Å². The van der Waals surface area contributed by atoms with Crippen LogP contribution in [0.3, 0.4) is 0 Å². The molecule has 0 fully saturated rings. The van der Waals surface area contributed by atoms with Crippen LogP contribution >= 0.6 is 0 Å². The molecule has 0 spiro atoms. The predicted molar refractivity (Wildman–Crippen MR) is 82.2 cm³/mol. The number of ether oxygens (including phenoxy) is 1. The summed E-state index contributed by atoms with van der Waals surface area (Å²) in [5.41, 5.74) is 4.91. The third kappa shape index (κ3) is 4.57. The Morgan fingerprint density at radius 1 is 1.19 bits per heavy atom. The van der Waals surface area contributed by atoms with Crippen molar-refractivity contribution >= 4 is 11.9 Å². The maximum atomic E-state index is 5.33. The molecule has 112 valence electrons. The molecule has 0 bridgehead atoms. The van der Waals surface area contributed by atoms with Crippen molar-refractivity contribution in [3.63, 3.8) is 0 Å². The van der Waals surface area contributed by atoms with Crippen molar-refractivity contribution in [2.24, 2.45) is 5.84 Å². The van der Waals surface area contributed by atoms with Crippen molar-refractivity contribution in [1.29, 1.82) is 0 Å². The Bertz CT molecular complexity index is 589. The van der Waals surface area contributed by atoms with Crippen LogP contribution in [0.15, 0.2) is 24.3 Å². The number of nitrogen functional groups attached to an aromatic ring is 1. The Labute approximate surface area is 123 Å². The zero-order valence-electron chi connectivity index (χ0n) is 12.3. The highest BCUT2D eigenvalue weighted by atomic mass is 16.5. The van der Waals surface area contributed by atoms with E-state index in [9.17, 15) is 0 Å². The lowest BCUT2D eigenvalue weighted by atomic mass is 10.1. The van der Waals surface area contributed by atoms with Crippen LogP contribution in [0, 0.1) is 6.92 Å². The fourth-order valence-corrected chi connectivity index (χ4v) is 1.88. The second-order valence-corrected chi connectivity index (χ2v) is 4.51. The number of hydrogen-bond donors (Lipinski definition) is 3. The summed E-state index contributed by atoms with van der Waals surface area (Å²) in [6, 6.07) is 8.64. The molecule has 0 aliphatic heterocycles. The third-order valence-corrected chi connectivity index (χ3v) is 2.80. The second kappa shape index (κ2) is 7.39. The first-order chi connectivity index (χ1) is 10.2. The summed E-state index contributed by atoms with van der Waals surface area (Å²) in [6.45, 7) is 5.14. The number of nitrogens with zero attached hydrogens (tertiary/aromatic N) is 3. The molecule has 1 aromatic carbocycles. The number of benzene rings is 1. The molecule has 0 aliphatic rings. The zero-order chi connectivity index (χ0) is 15.1. The van der Waals surface area contributed by atoms with Crippen LogP contribution in [0.1, 0.15) is 18.1 Å². The molecule has 0 atom stereocenters. The highest BCUT2D eigenvalue weighted by Gasteiger charge is 2.06. The number of aromatic nitrogens is 3. The largest absolute Gasteiger partial charge is 0.464 e. The molecule has 0 aliphatic carbocycles. The molecule has 2 rings (SSSR count).